The molecule has 0 spiro atoms. The van der Waals surface area contributed by atoms with Crippen molar-refractivity contribution in [2.75, 3.05) is 39.9 Å². The van der Waals surface area contributed by atoms with E-state index in [4.69, 9.17) is 9.47 Å². The van der Waals surface area contributed by atoms with Crippen LogP contribution in [0, 0.1) is 0 Å². The first-order chi connectivity index (χ1) is 10.2. The maximum atomic E-state index is 11.9. The highest BCUT2D eigenvalue weighted by molar-refractivity contribution is 5.78. The lowest BCUT2D eigenvalue weighted by Gasteiger charge is -2.34. The second-order valence-electron chi connectivity index (χ2n) is 4.84. The zero-order valence-corrected chi connectivity index (χ0v) is 12.2. The molecule has 6 heteroatoms. The Bertz CT molecular complexity index is 470. The minimum atomic E-state index is -0.335. The van der Waals surface area contributed by atoms with Gasteiger partial charge in [-0.3, -0.25) is 4.79 Å². The van der Waals surface area contributed by atoms with Crippen molar-refractivity contribution in [3.8, 4) is 0 Å². The van der Waals surface area contributed by atoms with Crippen molar-refractivity contribution in [1.82, 2.24) is 9.80 Å². The zero-order chi connectivity index (χ0) is 15.1. The molecule has 0 aromatic heterocycles. The standard InChI is InChI=1S/C15H20N2O4/c1-20-12-14(18)16-7-9-17(10-8-16)15(19)21-11-13-5-3-2-4-6-13/h2-6H,7-12H2,1H3. The van der Waals surface area contributed by atoms with Crippen LogP contribution in [0.2, 0.25) is 0 Å². The summed E-state index contributed by atoms with van der Waals surface area (Å²) in [5, 5.41) is 0. The molecule has 2 amide bonds. The summed E-state index contributed by atoms with van der Waals surface area (Å²) in [7, 11) is 1.50. The van der Waals surface area contributed by atoms with Crippen molar-refractivity contribution in [2.24, 2.45) is 0 Å². The molecule has 6 nitrogen and oxygen atoms in total. The molecule has 1 aromatic rings. The van der Waals surface area contributed by atoms with Gasteiger partial charge < -0.3 is 19.3 Å². The third kappa shape index (κ3) is 4.46. The number of piperazine rings is 1. The van der Waals surface area contributed by atoms with Crippen molar-refractivity contribution >= 4 is 12.0 Å². The number of ether oxygens (including phenoxy) is 2. The molecule has 0 saturated carbocycles. The molecule has 0 unspecified atom stereocenters. The van der Waals surface area contributed by atoms with E-state index in [1.165, 1.54) is 7.11 Å². The fourth-order valence-corrected chi connectivity index (χ4v) is 2.16. The van der Waals surface area contributed by atoms with Crippen LogP contribution < -0.4 is 0 Å². The van der Waals surface area contributed by atoms with E-state index in [1.54, 1.807) is 9.80 Å². The Kier molecular flexibility index (Phi) is 5.57. The van der Waals surface area contributed by atoms with Crippen LogP contribution in [0.1, 0.15) is 5.56 Å². The molecule has 21 heavy (non-hydrogen) atoms. The SMILES string of the molecule is COCC(=O)N1CCN(C(=O)OCc2ccccc2)CC1. The molecule has 1 aliphatic rings. The van der Waals surface area contributed by atoms with E-state index in [-0.39, 0.29) is 25.2 Å². The molecule has 114 valence electrons. The van der Waals surface area contributed by atoms with Gasteiger partial charge in [0.05, 0.1) is 0 Å². The van der Waals surface area contributed by atoms with Gasteiger partial charge in [0.15, 0.2) is 0 Å². The molecule has 1 aliphatic heterocycles. The van der Waals surface area contributed by atoms with Crippen LogP contribution in [0.25, 0.3) is 0 Å². The predicted octanol–water partition coefficient (Wildman–Crippen LogP) is 1.11. The van der Waals surface area contributed by atoms with Crippen LogP contribution in [0.15, 0.2) is 30.3 Å². The lowest BCUT2D eigenvalue weighted by Crippen LogP contribution is -2.51. The summed E-state index contributed by atoms with van der Waals surface area (Å²) in [6, 6.07) is 9.55. The highest BCUT2D eigenvalue weighted by atomic mass is 16.6. The van der Waals surface area contributed by atoms with Gasteiger partial charge in [0.1, 0.15) is 13.2 Å². The van der Waals surface area contributed by atoms with Gasteiger partial charge in [-0.05, 0) is 5.56 Å². The number of hydrogen-bond acceptors (Lipinski definition) is 4. The Hall–Kier alpha value is -2.08. The molecule has 1 aromatic carbocycles. The first-order valence-corrected chi connectivity index (χ1v) is 6.93. The van der Waals surface area contributed by atoms with Crippen molar-refractivity contribution in [2.45, 2.75) is 6.61 Å². The molecule has 0 aliphatic carbocycles. The van der Waals surface area contributed by atoms with Crippen LogP contribution in [-0.4, -0.2) is 61.7 Å². The summed E-state index contributed by atoms with van der Waals surface area (Å²) in [5.74, 6) is -0.0465. The Balaban J connectivity index is 1.74. The molecule has 1 heterocycles. The van der Waals surface area contributed by atoms with E-state index in [2.05, 4.69) is 0 Å². The highest BCUT2D eigenvalue weighted by Gasteiger charge is 2.24. The zero-order valence-electron chi connectivity index (χ0n) is 12.2. The normalized spacial score (nSPS) is 14.9. The third-order valence-electron chi connectivity index (χ3n) is 3.36. The Morgan fingerprint density at radius 3 is 2.29 bits per heavy atom. The molecule has 0 radical (unpaired) electrons. The maximum Gasteiger partial charge on any atom is 0.410 e. The molecular formula is C15H20N2O4. The number of amides is 2. The average Bonchev–Trinajstić information content (AvgIpc) is 2.54. The Morgan fingerprint density at radius 1 is 1.05 bits per heavy atom. The number of benzene rings is 1. The fourth-order valence-electron chi connectivity index (χ4n) is 2.16. The second kappa shape index (κ2) is 7.64. The minimum Gasteiger partial charge on any atom is -0.445 e. The Morgan fingerprint density at radius 2 is 1.67 bits per heavy atom. The van der Waals surface area contributed by atoms with E-state index in [9.17, 15) is 9.59 Å². The first-order valence-electron chi connectivity index (χ1n) is 6.93. The summed E-state index contributed by atoms with van der Waals surface area (Å²) >= 11 is 0. The molecular weight excluding hydrogens is 272 g/mol. The number of methoxy groups -OCH3 is 1. The van der Waals surface area contributed by atoms with Gasteiger partial charge in [-0.2, -0.15) is 0 Å². The minimum absolute atomic E-state index is 0.0465. The molecule has 2 rings (SSSR count). The number of carbonyl (C=O) groups excluding carboxylic acids is 2. The topological polar surface area (TPSA) is 59.1 Å². The second-order valence-corrected chi connectivity index (χ2v) is 4.84. The van der Waals surface area contributed by atoms with E-state index in [0.717, 1.165) is 5.56 Å². The maximum absolute atomic E-state index is 11.9. The predicted molar refractivity (Wildman–Crippen MR) is 76.7 cm³/mol. The van der Waals surface area contributed by atoms with E-state index < -0.39 is 0 Å². The van der Waals surface area contributed by atoms with E-state index >= 15 is 0 Å². The molecule has 0 atom stereocenters. The number of carbonyl (C=O) groups is 2. The van der Waals surface area contributed by atoms with Crippen LogP contribution in [0.4, 0.5) is 4.79 Å². The number of nitrogens with zero attached hydrogens (tertiary/aromatic N) is 2. The largest absolute Gasteiger partial charge is 0.445 e. The summed E-state index contributed by atoms with van der Waals surface area (Å²) in [5.41, 5.74) is 0.958. The van der Waals surface area contributed by atoms with Gasteiger partial charge >= 0.3 is 6.09 Å². The first kappa shape index (κ1) is 15.3. The molecule has 1 saturated heterocycles. The van der Waals surface area contributed by atoms with Gasteiger partial charge in [-0.1, -0.05) is 30.3 Å². The monoisotopic (exact) mass is 292 g/mol. The molecule has 0 N–H and O–H groups in total. The van der Waals surface area contributed by atoms with Crippen molar-refractivity contribution < 1.29 is 19.1 Å². The average molecular weight is 292 g/mol. The molecule has 1 fully saturated rings. The lowest BCUT2D eigenvalue weighted by molar-refractivity contribution is -0.136. The summed E-state index contributed by atoms with van der Waals surface area (Å²) in [4.78, 5) is 26.9. The summed E-state index contributed by atoms with van der Waals surface area (Å²) in [6.07, 6.45) is -0.335. The lowest BCUT2D eigenvalue weighted by atomic mass is 10.2. The van der Waals surface area contributed by atoms with Gasteiger partial charge in [0.2, 0.25) is 5.91 Å². The third-order valence-corrected chi connectivity index (χ3v) is 3.36. The van der Waals surface area contributed by atoms with Crippen LogP contribution >= 0.6 is 0 Å². The van der Waals surface area contributed by atoms with Gasteiger partial charge in [-0.25, -0.2) is 4.79 Å². The smallest absolute Gasteiger partial charge is 0.410 e. The van der Waals surface area contributed by atoms with E-state index in [1.807, 2.05) is 30.3 Å². The van der Waals surface area contributed by atoms with E-state index in [0.29, 0.717) is 26.2 Å². The van der Waals surface area contributed by atoms with Crippen LogP contribution in [-0.2, 0) is 20.9 Å². The van der Waals surface area contributed by atoms with Crippen molar-refractivity contribution in [1.29, 1.82) is 0 Å². The number of rotatable bonds is 4. The molecule has 0 bridgehead atoms. The Labute approximate surface area is 124 Å². The highest BCUT2D eigenvalue weighted by Crippen LogP contribution is 2.07. The van der Waals surface area contributed by atoms with Crippen LogP contribution in [0.3, 0.4) is 0 Å². The fraction of sp³-hybridized carbons (Fsp3) is 0.467. The van der Waals surface area contributed by atoms with Gasteiger partial charge in [-0.15, -0.1) is 0 Å². The quantitative estimate of drug-likeness (QED) is 0.834. The summed E-state index contributed by atoms with van der Waals surface area (Å²) < 4.78 is 10.1. The van der Waals surface area contributed by atoms with Crippen molar-refractivity contribution in [3.63, 3.8) is 0 Å². The van der Waals surface area contributed by atoms with Crippen molar-refractivity contribution in [3.05, 3.63) is 35.9 Å². The van der Waals surface area contributed by atoms with Crippen LogP contribution in [0.5, 0.6) is 0 Å². The number of hydrogen-bond donors (Lipinski definition) is 0. The van der Waals surface area contributed by atoms with Gasteiger partial charge in [0.25, 0.3) is 0 Å². The van der Waals surface area contributed by atoms with Gasteiger partial charge in [0, 0.05) is 33.3 Å². The summed E-state index contributed by atoms with van der Waals surface area (Å²) in [6.45, 7) is 2.36.